The number of esters is 1. The van der Waals surface area contributed by atoms with Crippen molar-refractivity contribution in [1.82, 2.24) is 5.43 Å². The van der Waals surface area contributed by atoms with Crippen molar-refractivity contribution in [2.45, 2.75) is 13.8 Å². The van der Waals surface area contributed by atoms with Crippen molar-refractivity contribution in [1.29, 1.82) is 0 Å². The van der Waals surface area contributed by atoms with E-state index in [2.05, 4.69) is 10.5 Å². The highest BCUT2D eigenvalue weighted by Gasteiger charge is 2.15. The van der Waals surface area contributed by atoms with Crippen LogP contribution in [0.5, 0.6) is 17.2 Å². The first-order chi connectivity index (χ1) is 16.9. The molecule has 3 aromatic rings. The van der Waals surface area contributed by atoms with Gasteiger partial charge in [0.15, 0.2) is 18.1 Å². The van der Waals surface area contributed by atoms with Gasteiger partial charge in [-0.25, -0.2) is 10.2 Å². The molecule has 0 unspecified atom stereocenters. The summed E-state index contributed by atoms with van der Waals surface area (Å²) in [5.41, 5.74) is 3.91. The van der Waals surface area contributed by atoms with Crippen LogP contribution in [0.4, 0.5) is 5.69 Å². The topological polar surface area (TPSA) is 129 Å². The summed E-state index contributed by atoms with van der Waals surface area (Å²) in [4.78, 5) is 34.6. The predicted octanol–water partition coefficient (Wildman–Crippen LogP) is 4.05. The minimum absolute atomic E-state index is 0.131. The number of non-ortho nitro benzene ring substituents is 1. The van der Waals surface area contributed by atoms with Crippen LogP contribution < -0.4 is 19.6 Å². The summed E-state index contributed by atoms with van der Waals surface area (Å²) in [5.74, 6) is -0.0397. The Kier molecular flexibility index (Phi) is 8.49. The van der Waals surface area contributed by atoms with Gasteiger partial charge in [0.05, 0.1) is 23.3 Å². The largest absolute Gasteiger partial charge is 0.490 e. The molecular weight excluding hydrogens is 454 g/mol. The zero-order valence-electron chi connectivity index (χ0n) is 19.1. The van der Waals surface area contributed by atoms with Crippen LogP contribution in [0.1, 0.15) is 28.4 Å². The fourth-order valence-corrected chi connectivity index (χ4v) is 2.91. The van der Waals surface area contributed by atoms with E-state index in [9.17, 15) is 19.7 Å². The lowest BCUT2D eigenvalue weighted by atomic mass is 10.2. The van der Waals surface area contributed by atoms with Gasteiger partial charge < -0.3 is 14.2 Å². The summed E-state index contributed by atoms with van der Waals surface area (Å²) >= 11 is 0. The van der Waals surface area contributed by atoms with Crippen molar-refractivity contribution in [3.63, 3.8) is 0 Å². The second kappa shape index (κ2) is 11.9. The number of para-hydroxylation sites is 1. The number of nitrogens with zero attached hydrogens (tertiary/aromatic N) is 2. The monoisotopic (exact) mass is 477 g/mol. The Hall–Kier alpha value is -4.73. The Labute approximate surface area is 201 Å². The number of rotatable bonds is 10. The van der Waals surface area contributed by atoms with Crippen molar-refractivity contribution in [3.8, 4) is 17.2 Å². The van der Waals surface area contributed by atoms with E-state index in [1.807, 2.05) is 25.1 Å². The molecule has 10 heteroatoms. The SMILES string of the molecule is CCOc1cc(C=NNC(=O)COc2ccccc2C)ccc1OC(=O)c1ccc([N+](=O)[O-])cc1. The third-order valence-electron chi connectivity index (χ3n) is 4.64. The van der Waals surface area contributed by atoms with Crippen molar-refractivity contribution in [2.75, 3.05) is 13.2 Å². The Morgan fingerprint density at radius 2 is 1.74 bits per heavy atom. The quantitative estimate of drug-likeness (QED) is 0.153. The van der Waals surface area contributed by atoms with Gasteiger partial charge in [-0.15, -0.1) is 0 Å². The van der Waals surface area contributed by atoms with Crippen LogP contribution in [0.2, 0.25) is 0 Å². The van der Waals surface area contributed by atoms with Crippen LogP contribution in [-0.4, -0.2) is 36.2 Å². The number of aryl methyl sites for hydroxylation is 1. The van der Waals surface area contributed by atoms with E-state index >= 15 is 0 Å². The van der Waals surface area contributed by atoms with Gasteiger partial charge in [-0.3, -0.25) is 14.9 Å². The number of amides is 1. The van der Waals surface area contributed by atoms with E-state index in [1.54, 1.807) is 25.1 Å². The van der Waals surface area contributed by atoms with Gasteiger partial charge >= 0.3 is 5.97 Å². The number of carbonyl (C=O) groups excluding carboxylic acids is 2. The predicted molar refractivity (Wildman–Crippen MR) is 128 cm³/mol. The molecule has 0 bridgehead atoms. The van der Waals surface area contributed by atoms with Crippen molar-refractivity contribution in [3.05, 3.63) is 93.5 Å². The van der Waals surface area contributed by atoms with E-state index in [0.29, 0.717) is 23.7 Å². The number of carbonyl (C=O) groups is 2. The highest BCUT2D eigenvalue weighted by Crippen LogP contribution is 2.29. The second-order valence-corrected chi connectivity index (χ2v) is 7.18. The molecule has 0 spiro atoms. The number of hydrogen-bond acceptors (Lipinski definition) is 8. The van der Waals surface area contributed by atoms with Crippen LogP contribution >= 0.6 is 0 Å². The molecule has 0 saturated carbocycles. The summed E-state index contributed by atoms with van der Waals surface area (Å²) < 4.78 is 16.4. The maximum atomic E-state index is 12.4. The third kappa shape index (κ3) is 7.13. The molecule has 0 aliphatic heterocycles. The van der Waals surface area contributed by atoms with E-state index in [4.69, 9.17) is 14.2 Å². The van der Waals surface area contributed by atoms with Crippen LogP contribution in [0, 0.1) is 17.0 Å². The van der Waals surface area contributed by atoms with E-state index < -0.39 is 16.8 Å². The lowest BCUT2D eigenvalue weighted by Crippen LogP contribution is -2.24. The molecule has 0 aliphatic rings. The molecule has 35 heavy (non-hydrogen) atoms. The van der Waals surface area contributed by atoms with Gasteiger partial charge in [-0.2, -0.15) is 5.10 Å². The summed E-state index contributed by atoms with van der Waals surface area (Å²) in [6.07, 6.45) is 1.41. The molecule has 0 radical (unpaired) electrons. The minimum atomic E-state index is -0.691. The van der Waals surface area contributed by atoms with Crippen LogP contribution in [0.3, 0.4) is 0 Å². The number of nitro groups is 1. The Bertz CT molecular complexity index is 1240. The lowest BCUT2D eigenvalue weighted by molar-refractivity contribution is -0.384. The normalized spacial score (nSPS) is 10.6. The van der Waals surface area contributed by atoms with Gasteiger partial charge in [0, 0.05) is 12.1 Å². The van der Waals surface area contributed by atoms with Crippen LogP contribution in [-0.2, 0) is 4.79 Å². The zero-order valence-corrected chi connectivity index (χ0v) is 19.1. The van der Waals surface area contributed by atoms with Crippen molar-refractivity contribution in [2.24, 2.45) is 5.10 Å². The molecule has 180 valence electrons. The minimum Gasteiger partial charge on any atom is -0.490 e. The summed E-state index contributed by atoms with van der Waals surface area (Å²) in [6.45, 7) is 3.78. The van der Waals surface area contributed by atoms with Crippen molar-refractivity contribution >= 4 is 23.8 Å². The van der Waals surface area contributed by atoms with E-state index in [0.717, 1.165) is 5.56 Å². The highest BCUT2D eigenvalue weighted by molar-refractivity contribution is 5.92. The molecule has 0 heterocycles. The van der Waals surface area contributed by atoms with Crippen LogP contribution in [0.25, 0.3) is 0 Å². The molecule has 0 aliphatic carbocycles. The van der Waals surface area contributed by atoms with Gasteiger partial charge in [-0.05, 0) is 61.4 Å². The molecule has 1 N–H and O–H groups in total. The second-order valence-electron chi connectivity index (χ2n) is 7.18. The number of hydrazone groups is 1. The lowest BCUT2D eigenvalue weighted by Gasteiger charge is -2.11. The summed E-state index contributed by atoms with van der Waals surface area (Å²) in [7, 11) is 0. The molecule has 3 rings (SSSR count). The fraction of sp³-hybridized carbons (Fsp3) is 0.160. The van der Waals surface area contributed by atoms with Gasteiger partial charge in [0.25, 0.3) is 11.6 Å². The molecule has 0 atom stereocenters. The molecule has 1 amide bonds. The maximum Gasteiger partial charge on any atom is 0.343 e. The molecule has 0 saturated heterocycles. The smallest absolute Gasteiger partial charge is 0.343 e. The summed E-state index contributed by atoms with van der Waals surface area (Å²) in [6, 6.07) is 17.2. The number of hydrogen-bond donors (Lipinski definition) is 1. The molecule has 0 fully saturated rings. The maximum absolute atomic E-state index is 12.4. The number of nitro benzene ring substituents is 1. The first-order valence-electron chi connectivity index (χ1n) is 10.6. The molecule has 0 aromatic heterocycles. The van der Waals surface area contributed by atoms with Gasteiger partial charge in [0.1, 0.15) is 5.75 Å². The Morgan fingerprint density at radius 1 is 1.00 bits per heavy atom. The van der Waals surface area contributed by atoms with Gasteiger partial charge in [0.2, 0.25) is 0 Å². The summed E-state index contributed by atoms with van der Waals surface area (Å²) in [5, 5.41) is 14.7. The van der Waals surface area contributed by atoms with Crippen LogP contribution in [0.15, 0.2) is 71.8 Å². The molecular formula is C25H23N3O7. The fourth-order valence-electron chi connectivity index (χ4n) is 2.91. The Morgan fingerprint density at radius 3 is 2.43 bits per heavy atom. The van der Waals surface area contributed by atoms with Crippen molar-refractivity contribution < 1.29 is 28.7 Å². The van der Waals surface area contributed by atoms with E-state index in [-0.39, 0.29) is 23.6 Å². The zero-order chi connectivity index (χ0) is 25.2. The Balaban J connectivity index is 1.61. The molecule has 3 aromatic carbocycles. The average molecular weight is 477 g/mol. The number of nitrogens with one attached hydrogen (secondary N) is 1. The first-order valence-corrected chi connectivity index (χ1v) is 10.6. The third-order valence-corrected chi connectivity index (χ3v) is 4.64. The average Bonchev–Trinajstić information content (AvgIpc) is 2.85. The van der Waals surface area contributed by atoms with E-state index in [1.165, 1.54) is 36.5 Å². The number of ether oxygens (including phenoxy) is 3. The van der Waals surface area contributed by atoms with Gasteiger partial charge in [-0.1, -0.05) is 18.2 Å². The molecule has 10 nitrogen and oxygen atoms in total. The highest BCUT2D eigenvalue weighted by atomic mass is 16.6. The first kappa shape index (κ1) is 24.9. The number of benzene rings is 3. The standard InChI is InChI=1S/C25H23N3O7/c1-3-33-23-14-18(15-26-27-24(29)16-34-21-7-5-4-6-17(21)2)8-13-22(23)35-25(30)19-9-11-20(12-10-19)28(31)32/h4-15H,3,16H2,1-2H3,(H,27,29).